The number of aliphatic hydroxyl groups is 1. The Morgan fingerprint density at radius 1 is 1.12 bits per heavy atom. The zero-order chi connectivity index (χ0) is 18.5. The van der Waals surface area contributed by atoms with Crippen LogP contribution >= 0.6 is 11.6 Å². The highest BCUT2D eigenvalue weighted by atomic mass is 35.5. The highest BCUT2D eigenvalue weighted by molar-refractivity contribution is 6.31. The van der Waals surface area contributed by atoms with E-state index in [0.717, 1.165) is 10.8 Å². The molecule has 3 aromatic carbocycles. The number of halogens is 1. The van der Waals surface area contributed by atoms with Crippen LogP contribution in [0.4, 0.5) is 5.69 Å². The van der Waals surface area contributed by atoms with Crippen LogP contribution in [0.5, 0.6) is 0 Å². The molecule has 1 atom stereocenters. The van der Waals surface area contributed by atoms with Crippen molar-refractivity contribution in [3.05, 3.63) is 76.8 Å². The molecule has 1 amide bonds. The first-order valence-corrected chi connectivity index (χ1v) is 8.61. The molecule has 0 aromatic heterocycles. The van der Waals surface area contributed by atoms with Crippen LogP contribution in [0.25, 0.3) is 10.8 Å². The number of nitrogens with zero attached hydrogens (tertiary/aromatic N) is 1. The Morgan fingerprint density at radius 3 is 2.65 bits per heavy atom. The minimum absolute atomic E-state index is 0.293. The van der Waals surface area contributed by atoms with Gasteiger partial charge < -0.3 is 10.0 Å². The van der Waals surface area contributed by atoms with E-state index in [2.05, 4.69) is 0 Å². The normalized spacial score (nSPS) is 19.0. The van der Waals surface area contributed by atoms with Gasteiger partial charge in [0.15, 0.2) is 11.4 Å². The molecular weight excluding hydrogens is 350 g/mol. The summed E-state index contributed by atoms with van der Waals surface area (Å²) in [6, 6.07) is 17.9. The third kappa shape index (κ3) is 2.42. The first-order chi connectivity index (χ1) is 12.4. The number of benzene rings is 3. The van der Waals surface area contributed by atoms with Crippen molar-refractivity contribution < 1.29 is 14.7 Å². The lowest BCUT2D eigenvalue weighted by atomic mass is 9.87. The molecule has 4 nitrogen and oxygen atoms in total. The summed E-state index contributed by atoms with van der Waals surface area (Å²) in [7, 11) is 1.58. The van der Waals surface area contributed by atoms with Gasteiger partial charge in [-0.05, 0) is 29.0 Å². The number of hydrogen-bond acceptors (Lipinski definition) is 3. The zero-order valence-corrected chi connectivity index (χ0v) is 14.8. The summed E-state index contributed by atoms with van der Waals surface area (Å²) in [5.41, 5.74) is -0.496. The zero-order valence-electron chi connectivity index (χ0n) is 14.1. The molecule has 0 radical (unpaired) electrons. The number of rotatable bonds is 3. The number of anilines is 1. The van der Waals surface area contributed by atoms with Gasteiger partial charge in [0.25, 0.3) is 5.91 Å². The average Bonchev–Trinajstić information content (AvgIpc) is 2.82. The first-order valence-electron chi connectivity index (χ1n) is 8.23. The van der Waals surface area contributed by atoms with Gasteiger partial charge in [-0.25, -0.2) is 0 Å². The number of ketones is 1. The van der Waals surface area contributed by atoms with Gasteiger partial charge in [-0.15, -0.1) is 0 Å². The van der Waals surface area contributed by atoms with Gasteiger partial charge in [-0.3, -0.25) is 9.59 Å². The molecule has 0 spiro atoms. The standard InChI is InChI=1S/C21H16ClNO3/c1-23-18-10-9-14(22)11-17(18)21(26,20(23)25)12-19(24)16-8-4-6-13-5-2-3-7-15(13)16/h2-11,26H,12H2,1H3/t21-/m1/s1. The Bertz CT molecular complexity index is 1060. The van der Waals surface area contributed by atoms with E-state index in [1.807, 2.05) is 30.3 Å². The van der Waals surface area contributed by atoms with E-state index in [-0.39, 0.29) is 12.2 Å². The number of carbonyl (C=O) groups is 2. The SMILES string of the molecule is CN1C(=O)[C@@](O)(CC(=O)c2cccc3ccccc23)c2cc(Cl)ccc21. The minimum Gasteiger partial charge on any atom is -0.375 e. The highest BCUT2D eigenvalue weighted by Gasteiger charge is 2.49. The molecule has 4 rings (SSSR count). The van der Waals surface area contributed by atoms with Gasteiger partial charge in [0.2, 0.25) is 0 Å². The van der Waals surface area contributed by atoms with E-state index in [1.165, 1.54) is 4.90 Å². The molecule has 3 aromatic rings. The molecule has 1 N–H and O–H groups in total. The van der Waals surface area contributed by atoms with Gasteiger partial charge in [-0.1, -0.05) is 54.1 Å². The van der Waals surface area contributed by atoms with E-state index < -0.39 is 11.5 Å². The van der Waals surface area contributed by atoms with E-state index in [0.29, 0.717) is 21.8 Å². The molecule has 5 heteroatoms. The van der Waals surface area contributed by atoms with E-state index in [9.17, 15) is 14.7 Å². The predicted molar refractivity (Wildman–Crippen MR) is 102 cm³/mol. The summed E-state index contributed by atoms with van der Waals surface area (Å²) < 4.78 is 0. The predicted octanol–water partition coefficient (Wildman–Crippen LogP) is 3.93. The molecule has 1 heterocycles. The van der Waals surface area contributed by atoms with Crippen molar-refractivity contribution in [3.63, 3.8) is 0 Å². The van der Waals surface area contributed by atoms with Crippen molar-refractivity contribution >= 4 is 39.8 Å². The number of carbonyl (C=O) groups excluding carboxylic acids is 2. The van der Waals surface area contributed by atoms with Crippen molar-refractivity contribution in [2.24, 2.45) is 0 Å². The summed E-state index contributed by atoms with van der Waals surface area (Å²) in [5, 5.41) is 13.3. The lowest BCUT2D eigenvalue weighted by molar-refractivity contribution is -0.135. The van der Waals surface area contributed by atoms with Gasteiger partial charge in [-0.2, -0.15) is 0 Å². The van der Waals surface area contributed by atoms with Crippen LogP contribution in [0.2, 0.25) is 5.02 Å². The number of hydrogen-bond donors (Lipinski definition) is 1. The third-order valence-corrected chi connectivity index (χ3v) is 5.17. The molecule has 0 bridgehead atoms. The maximum atomic E-state index is 13.0. The van der Waals surface area contributed by atoms with Crippen LogP contribution in [-0.4, -0.2) is 23.8 Å². The second kappa shape index (κ2) is 5.94. The molecule has 0 aliphatic carbocycles. The molecule has 0 saturated heterocycles. The second-order valence-electron chi connectivity index (χ2n) is 6.51. The Balaban J connectivity index is 1.78. The van der Waals surface area contributed by atoms with Crippen LogP contribution in [-0.2, 0) is 10.4 Å². The topological polar surface area (TPSA) is 57.6 Å². The third-order valence-electron chi connectivity index (χ3n) is 4.93. The summed E-state index contributed by atoms with van der Waals surface area (Å²) in [4.78, 5) is 27.1. The Morgan fingerprint density at radius 2 is 1.85 bits per heavy atom. The summed E-state index contributed by atoms with van der Waals surface area (Å²) in [5.74, 6) is -0.817. The molecule has 0 fully saturated rings. The summed E-state index contributed by atoms with van der Waals surface area (Å²) >= 11 is 6.05. The van der Waals surface area contributed by atoms with Crippen LogP contribution in [0.15, 0.2) is 60.7 Å². The van der Waals surface area contributed by atoms with Gasteiger partial charge in [0.1, 0.15) is 0 Å². The maximum Gasteiger partial charge on any atom is 0.263 e. The van der Waals surface area contributed by atoms with Crippen LogP contribution < -0.4 is 4.90 Å². The van der Waals surface area contributed by atoms with Crippen molar-refractivity contribution in [1.29, 1.82) is 0 Å². The summed E-state index contributed by atoms with van der Waals surface area (Å²) in [6.45, 7) is 0. The average molecular weight is 366 g/mol. The fraction of sp³-hybridized carbons (Fsp3) is 0.143. The van der Waals surface area contributed by atoms with Crippen molar-refractivity contribution in [3.8, 4) is 0 Å². The molecule has 130 valence electrons. The van der Waals surface area contributed by atoms with E-state index in [4.69, 9.17) is 11.6 Å². The van der Waals surface area contributed by atoms with Crippen molar-refractivity contribution in [1.82, 2.24) is 0 Å². The van der Waals surface area contributed by atoms with E-state index >= 15 is 0 Å². The number of fused-ring (bicyclic) bond motifs is 2. The Hall–Kier alpha value is -2.69. The molecule has 1 aliphatic rings. The number of amides is 1. The number of Topliss-reactive ketones (excluding diaryl/α,β-unsaturated/α-hetero) is 1. The maximum absolute atomic E-state index is 13.0. The van der Waals surface area contributed by atoms with Crippen LogP contribution in [0.3, 0.4) is 0 Å². The quantitative estimate of drug-likeness (QED) is 0.715. The molecular formula is C21H16ClNO3. The van der Waals surface area contributed by atoms with E-state index in [1.54, 1.807) is 37.4 Å². The second-order valence-corrected chi connectivity index (χ2v) is 6.95. The number of likely N-dealkylation sites (N-methyl/N-ethyl adjacent to an activating group) is 1. The largest absolute Gasteiger partial charge is 0.375 e. The first kappa shape index (κ1) is 16.8. The smallest absolute Gasteiger partial charge is 0.263 e. The highest BCUT2D eigenvalue weighted by Crippen LogP contribution is 2.43. The van der Waals surface area contributed by atoms with Crippen LogP contribution in [0.1, 0.15) is 22.3 Å². The Labute approximate surface area is 155 Å². The summed E-state index contributed by atoms with van der Waals surface area (Å²) in [6.07, 6.45) is -0.336. The van der Waals surface area contributed by atoms with Crippen molar-refractivity contribution in [2.75, 3.05) is 11.9 Å². The van der Waals surface area contributed by atoms with Crippen molar-refractivity contribution in [2.45, 2.75) is 12.0 Å². The van der Waals surface area contributed by atoms with Crippen LogP contribution in [0, 0.1) is 0 Å². The van der Waals surface area contributed by atoms with Gasteiger partial charge in [0.05, 0.1) is 12.1 Å². The fourth-order valence-corrected chi connectivity index (χ4v) is 3.77. The Kier molecular flexibility index (Phi) is 3.83. The molecule has 26 heavy (non-hydrogen) atoms. The minimum atomic E-state index is -1.91. The molecule has 0 unspecified atom stereocenters. The molecule has 0 saturated carbocycles. The lowest BCUT2D eigenvalue weighted by Crippen LogP contribution is -2.40. The van der Waals surface area contributed by atoms with Gasteiger partial charge in [0, 0.05) is 23.2 Å². The lowest BCUT2D eigenvalue weighted by Gasteiger charge is -2.21. The van der Waals surface area contributed by atoms with Gasteiger partial charge >= 0.3 is 0 Å². The fourth-order valence-electron chi connectivity index (χ4n) is 3.60. The molecule has 1 aliphatic heterocycles. The monoisotopic (exact) mass is 365 g/mol.